The fraction of sp³-hybridized carbons (Fsp3) is 0.615. The molecule has 1 aromatic heterocycles. The van der Waals surface area contributed by atoms with E-state index in [-0.39, 0.29) is 5.54 Å². The second kappa shape index (κ2) is 5.36. The Bertz CT molecular complexity index is 383. The highest BCUT2D eigenvalue weighted by Gasteiger charge is 2.37. The molecule has 0 bridgehead atoms. The lowest BCUT2D eigenvalue weighted by Gasteiger charge is -2.43. The molecule has 3 N–H and O–H groups in total. The van der Waals surface area contributed by atoms with Gasteiger partial charge in [-0.05, 0) is 40.8 Å². The van der Waals surface area contributed by atoms with Crippen molar-refractivity contribution in [1.29, 1.82) is 0 Å². The number of hydrogen-bond donors (Lipinski definition) is 2. The van der Waals surface area contributed by atoms with Gasteiger partial charge in [0.05, 0.1) is 15.7 Å². The van der Waals surface area contributed by atoms with E-state index in [1.807, 2.05) is 18.5 Å². The second-order valence-corrected chi connectivity index (χ2v) is 5.84. The Morgan fingerprint density at radius 1 is 1.59 bits per heavy atom. The number of nitrogens with two attached hydrogens (primary N) is 1. The van der Waals surface area contributed by atoms with E-state index >= 15 is 0 Å². The van der Waals surface area contributed by atoms with E-state index < -0.39 is 0 Å². The van der Waals surface area contributed by atoms with Crippen molar-refractivity contribution < 1.29 is 0 Å². The fourth-order valence-corrected chi connectivity index (χ4v) is 3.05. The van der Waals surface area contributed by atoms with E-state index in [2.05, 4.69) is 33.2 Å². The highest BCUT2D eigenvalue weighted by atomic mass is 79.9. The van der Waals surface area contributed by atoms with Crippen LogP contribution in [0.5, 0.6) is 0 Å². The van der Waals surface area contributed by atoms with Crippen LogP contribution in [0.15, 0.2) is 22.9 Å². The molecule has 0 spiro atoms. The lowest BCUT2D eigenvalue weighted by atomic mass is 9.73. The minimum Gasteiger partial charge on any atom is -0.377 e. The molecule has 0 aromatic carbocycles. The summed E-state index contributed by atoms with van der Waals surface area (Å²) in [4.78, 5) is 4.09. The molecule has 0 amide bonds. The van der Waals surface area contributed by atoms with Gasteiger partial charge in [0.1, 0.15) is 0 Å². The Morgan fingerprint density at radius 3 is 3.06 bits per heavy atom. The van der Waals surface area contributed by atoms with Crippen LogP contribution >= 0.6 is 15.9 Å². The van der Waals surface area contributed by atoms with Crippen molar-refractivity contribution >= 4 is 21.6 Å². The molecule has 1 saturated carbocycles. The Balaban J connectivity index is 2.22. The molecule has 1 aromatic rings. The standard InChI is InChI=1S/C13H20BrN3/c1-10-4-2-3-6-13(10,9-15)17-12-5-7-16-8-11(12)14/h5,7-8,10H,2-4,6,9,15H2,1H3,(H,16,17). The topological polar surface area (TPSA) is 50.9 Å². The van der Waals surface area contributed by atoms with Crippen molar-refractivity contribution in [2.75, 3.05) is 11.9 Å². The van der Waals surface area contributed by atoms with Gasteiger partial charge in [-0.25, -0.2) is 0 Å². The first-order valence-electron chi connectivity index (χ1n) is 6.26. The zero-order valence-electron chi connectivity index (χ0n) is 10.2. The summed E-state index contributed by atoms with van der Waals surface area (Å²) in [6.07, 6.45) is 8.62. The largest absolute Gasteiger partial charge is 0.377 e. The Morgan fingerprint density at radius 2 is 2.41 bits per heavy atom. The first-order chi connectivity index (χ1) is 8.18. The van der Waals surface area contributed by atoms with Crippen molar-refractivity contribution in [3.8, 4) is 0 Å². The van der Waals surface area contributed by atoms with Crippen LogP contribution in [-0.4, -0.2) is 17.1 Å². The summed E-state index contributed by atoms with van der Waals surface area (Å²) in [6.45, 7) is 2.98. The van der Waals surface area contributed by atoms with Crippen LogP contribution in [0.3, 0.4) is 0 Å². The van der Waals surface area contributed by atoms with Crippen LogP contribution in [0.2, 0.25) is 0 Å². The summed E-state index contributed by atoms with van der Waals surface area (Å²) in [5.41, 5.74) is 7.17. The van der Waals surface area contributed by atoms with E-state index in [0.717, 1.165) is 16.6 Å². The molecule has 94 valence electrons. The number of anilines is 1. The average Bonchev–Trinajstić information content (AvgIpc) is 2.35. The molecule has 2 atom stereocenters. The third-order valence-corrected chi connectivity index (χ3v) is 4.61. The second-order valence-electron chi connectivity index (χ2n) is 4.99. The summed E-state index contributed by atoms with van der Waals surface area (Å²) in [6, 6.07) is 2.00. The minimum atomic E-state index is 0.0438. The third kappa shape index (κ3) is 2.63. The van der Waals surface area contributed by atoms with Crippen LogP contribution in [0.4, 0.5) is 5.69 Å². The maximum absolute atomic E-state index is 6.03. The number of nitrogens with one attached hydrogen (secondary N) is 1. The van der Waals surface area contributed by atoms with Crippen LogP contribution in [0.25, 0.3) is 0 Å². The van der Waals surface area contributed by atoms with Gasteiger partial charge in [0, 0.05) is 18.9 Å². The van der Waals surface area contributed by atoms with Gasteiger partial charge in [0.15, 0.2) is 0 Å². The number of aromatic nitrogens is 1. The smallest absolute Gasteiger partial charge is 0.0590 e. The molecule has 17 heavy (non-hydrogen) atoms. The van der Waals surface area contributed by atoms with Crippen LogP contribution in [0.1, 0.15) is 32.6 Å². The predicted octanol–water partition coefficient (Wildman–Crippen LogP) is 3.16. The minimum absolute atomic E-state index is 0.0438. The SMILES string of the molecule is CC1CCCCC1(CN)Nc1ccncc1Br. The van der Waals surface area contributed by atoms with Crippen LogP contribution < -0.4 is 11.1 Å². The van der Waals surface area contributed by atoms with E-state index in [1.54, 1.807) is 0 Å². The van der Waals surface area contributed by atoms with Crippen molar-refractivity contribution in [3.05, 3.63) is 22.9 Å². The van der Waals surface area contributed by atoms with Gasteiger partial charge in [0.2, 0.25) is 0 Å². The lowest BCUT2D eigenvalue weighted by Crippen LogP contribution is -2.52. The van der Waals surface area contributed by atoms with Gasteiger partial charge >= 0.3 is 0 Å². The van der Waals surface area contributed by atoms with E-state index in [0.29, 0.717) is 12.5 Å². The highest BCUT2D eigenvalue weighted by molar-refractivity contribution is 9.10. The van der Waals surface area contributed by atoms with Gasteiger partial charge < -0.3 is 11.1 Å². The van der Waals surface area contributed by atoms with E-state index in [1.165, 1.54) is 19.3 Å². The summed E-state index contributed by atoms with van der Waals surface area (Å²) in [5.74, 6) is 0.612. The number of halogens is 1. The van der Waals surface area contributed by atoms with Gasteiger partial charge in [0.25, 0.3) is 0 Å². The molecule has 4 heteroatoms. The van der Waals surface area contributed by atoms with Gasteiger partial charge in [-0.1, -0.05) is 19.8 Å². The maximum atomic E-state index is 6.03. The zero-order valence-corrected chi connectivity index (χ0v) is 11.8. The zero-order chi connectivity index (χ0) is 12.3. The van der Waals surface area contributed by atoms with Crippen molar-refractivity contribution in [2.45, 2.75) is 38.1 Å². The molecule has 1 heterocycles. The summed E-state index contributed by atoms with van der Waals surface area (Å²) in [5, 5.41) is 3.65. The summed E-state index contributed by atoms with van der Waals surface area (Å²) in [7, 11) is 0. The molecule has 2 unspecified atom stereocenters. The molecule has 1 aliphatic carbocycles. The monoisotopic (exact) mass is 297 g/mol. The van der Waals surface area contributed by atoms with E-state index in [4.69, 9.17) is 5.73 Å². The average molecular weight is 298 g/mol. The number of rotatable bonds is 3. The first kappa shape index (κ1) is 12.8. The molecule has 1 aliphatic rings. The quantitative estimate of drug-likeness (QED) is 0.901. The Kier molecular flexibility index (Phi) is 4.05. The molecular formula is C13H20BrN3. The molecular weight excluding hydrogens is 278 g/mol. The van der Waals surface area contributed by atoms with Gasteiger partial charge in [-0.3, -0.25) is 4.98 Å². The highest BCUT2D eigenvalue weighted by Crippen LogP contribution is 2.37. The van der Waals surface area contributed by atoms with Crippen molar-refractivity contribution in [1.82, 2.24) is 4.98 Å². The number of hydrogen-bond acceptors (Lipinski definition) is 3. The third-order valence-electron chi connectivity index (χ3n) is 3.97. The maximum Gasteiger partial charge on any atom is 0.0590 e. The normalized spacial score (nSPS) is 29.0. The van der Waals surface area contributed by atoms with Crippen LogP contribution in [-0.2, 0) is 0 Å². The molecule has 0 saturated heterocycles. The molecule has 0 aliphatic heterocycles. The number of pyridine rings is 1. The Hall–Kier alpha value is -0.610. The summed E-state index contributed by atoms with van der Waals surface area (Å²) >= 11 is 3.53. The number of nitrogens with zero attached hydrogens (tertiary/aromatic N) is 1. The summed E-state index contributed by atoms with van der Waals surface area (Å²) < 4.78 is 1.01. The molecule has 2 rings (SSSR count). The van der Waals surface area contributed by atoms with Crippen molar-refractivity contribution in [2.24, 2.45) is 11.7 Å². The Labute approximate surface area is 111 Å². The fourth-order valence-electron chi connectivity index (χ4n) is 2.70. The van der Waals surface area contributed by atoms with Gasteiger partial charge in [-0.2, -0.15) is 0 Å². The first-order valence-corrected chi connectivity index (χ1v) is 7.05. The van der Waals surface area contributed by atoms with Crippen LogP contribution in [0, 0.1) is 5.92 Å². The lowest BCUT2D eigenvalue weighted by molar-refractivity contribution is 0.235. The predicted molar refractivity (Wildman–Crippen MR) is 75.0 cm³/mol. The van der Waals surface area contributed by atoms with E-state index in [9.17, 15) is 0 Å². The molecule has 3 nitrogen and oxygen atoms in total. The molecule has 0 radical (unpaired) electrons. The van der Waals surface area contributed by atoms with Gasteiger partial charge in [-0.15, -0.1) is 0 Å². The molecule has 1 fully saturated rings. The van der Waals surface area contributed by atoms with Crippen molar-refractivity contribution in [3.63, 3.8) is 0 Å².